The number of ether oxygens (including phenoxy) is 2. The summed E-state index contributed by atoms with van der Waals surface area (Å²) in [7, 11) is 0. The van der Waals surface area contributed by atoms with E-state index in [9.17, 15) is 13.2 Å². The number of benzene rings is 1. The topological polar surface area (TPSA) is 21.7 Å². The van der Waals surface area contributed by atoms with Gasteiger partial charge in [0.2, 0.25) is 12.7 Å². The van der Waals surface area contributed by atoms with E-state index in [0.717, 1.165) is 16.3 Å². The third kappa shape index (κ3) is 2.24. The van der Waals surface area contributed by atoms with Crippen LogP contribution in [0.25, 0.3) is 0 Å². The van der Waals surface area contributed by atoms with E-state index in [2.05, 4.69) is 0 Å². The minimum absolute atomic E-state index is 0.0777. The minimum Gasteiger partial charge on any atom is -0.454 e. The average Bonchev–Trinajstić information content (AvgIpc) is 2.98. The second-order valence-electron chi connectivity index (χ2n) is 4.81. The third-order valence-electron chi connectivity index (χ3n) is 3.67. The van der Waals surface area contributed by atoms with Crippen molar-refractivity contribution in [2.45, 2.75) is 19.4 Å². The number of hydrogen-bond donors (Lipinski definition) is 0. The van der Waals surface area contributed by atoms with Crippen molar-refractivity contribution in [3.8, 4) is 11.5 Å². The summed E-state index contributed by atoms with van der Waals surface area (Å²) in [4.78, 5) is 0. The first-order valence-corrected chi connectivity index (χ1v) is 7.93. The van der Waals surface area contributed by atoms with Crippen LogP contribution in [0.15, 0.2) is 41.4 Å². The number of hydrogen-bond acceptors (Lipinski definition) is 4. The molecule has 3 rings (SSSR count). The van der Waals surface area contributed by atoms with Crippen molar-refractivity contribution in [2.75, 3.05) is 13.0 Å². The second-order valence-corrected chi connectivity index (χ2v) is 5.57. The summed E-state index contributed by atoms with van der Waals surface area (Å²) >= 11 is 0.924. The molecule has 0 bridgehead atoms. The summed E-state index contributed by atoms with van der Waals surface area (Å²) < 4.78 is 54.4. The fourth-order valence-corrected chi connectivity index (χ4v) is 3.25. The Balaban J connectivity index is 2.10. The molecule has 2 aliphatic rings. The van der Waals surface area contributed by atoms with Crippen molar-refractivity contribution < 1.29 is 22.6 Å². The van der Waals surface area contributed by atoms with Crippen molar-refractivity contribution >= 4 is 11.9 Å². The maximum atomic E-state index is 14.7. The molecule has 0 saturated carbocycles. The number of nitrogens with zero attached hydrogens (tertiary/aromatic N) is 1. The van der Waals surface area contributed by atoms with Crippen LogP contribution in [0, 0.1) is 0 Å². The zero-order valence-electron chi connectivity index (χ0n) is 12.0. The molecule has 0 aromatic heterocycles. The molecule has 2 heterocycles. The monoisotopic (exact) mass is 329 g/mol. The Labute approximate surface area is 130 Å². The lowest BCUT2D eigenvalue weighted by Crippen LogP contribution is -2.26. The molecular weight excluding hydrogens is 315 g/mol. The van der Waals surface area contributed by atoms with Gasteiger partial charge in [-0.05, 0) is 24.1 Å². The molecule has 0 aliphatic carbocycles. The zero-order chi connectivity index (χ0) is 15.9. The smallest absolute Gasteiger partial charge is 0.236 e. The molecule has 0 fully saturated rings. The molecule has 1 aromatic carbocycles. The van der Waals surface area contributed by atoms with Crippen LogP contribution in [0.3, 0.4) is 0 Å². The fraction of sp³-hybridized carbons (Fsp3) is 0.333. The summed E-state index contributed by atoms with van der Waals surface area (Å²) in [6.07, 6.45) is 1.64. The van der Waals surface area contributed by atoms with Gasteiger partial charge in [-0.3, -0.25) is 4.31 Å². The van der Waals surface area contributed by atoms with Crippen molar-refractivity contribution in [2.24, 2.45) is 0 Å². The molecule has 0 N–H and O–H groups in total. The fourth-order valence-electron chi connectivity index (χ4n) is 2.58. The molecule has 118 valence electrons. The minimum atomic E-state index is -1.13. The van der Waals surface area contributed by atoms with Gasteiger partial charge in [-0.1, -0.05) is 24.9 Å². The maximum absolute atomic E-state index is 14.7. The summed E-state index contributed by atoms with van der Waals surface area (Å²) in [6, 6.07) is 3.84. The highest BCUT2D eigenvalue weighted by Gasteiger charge is 2.37. The zero-order valence-corrected chi connectivity index (χ0v) is 12.8. The Hall–Kier alpha value is -1.76. The molecule has 1 aromatic rings. The van der Waals surface area contributed by atoms with E-state index >= 15 is 0 Å². The lowest BCUT2D eigenvalue weighted by molar-refractivity contribution is 0.174. The van der Waals surface area contributed by atoms with E-state index in [1.807, 2.05) is 0 Å². The van der Waals surface area contributed by atoms with E-state index < -0.39 is 23.6 Å². The van der Waals surface area contributed by atoms with Crippen molar-refractivity contribution in [1.82, 2.24) is 4.31 Å². The maximum Gasteiger partial charge on any atom is 0.236 e. The highest BCUT2D eigenvalue weighted by atomic mass is 32.2. The Morgan fingerprint density at radius 1 is 1.23 bits per heavy atom. The summed E-state index contributed by atoms with van der Waals surface area (Å²) in [5.74, 6) is -1.85. The number of halogens is 3. The first-order valence-electron chi connectivity index (χ1n) is 6.75. The van der Waals surface area contributed by atoms with Gasteiger partial charge in [0.1, 0.15) is 11.9 Å². The van der Waals surface area contributed by atoms with Crippen LogP contribution in [0.1, 0.15) is 24.9 Å². The van der Waals surface area contributed by atoms with Crippen LogP contribution >= 0.6 is 11.9 Å². The van der Waals surface area contributed by atoms with Gasteiger partial charge in [0, 0.05) is 11.8 Å². The van der Waals surface area contributed by atoms with Crippen molar-refractivity contribution in [1.29, 1.82) is 0 Å². The number of fused-ring (bicyclic) bond motifs is 1. The normalized spacial score (nSPS) is 21.0. The van der Waals surface area contributed by atoms with E-state index in [1.54, 1.807) is 31.4 Å². The summed E-state index contributed by atoms with van der Waals surface area (Å²) in [5, 5.41) is 0. The van der Waals surface area contributed by atoms with Gasteiger partial charge >= 0.3 is 0 Å². The largest absolute Gasteiger partial charge is 0.454 e. The predicted octanol–water partition coefficient (Wildman–Crippen LogP) is 4.79. The molecule has 1 unspecified atom stereocenters. The molecule has 1 atom stereocenters. The van der Waals surface area contributed by atoms with E-state index in [-0.39, 0.29) is 18.8 Å². The third-order valence-corrected chi connectivity index (χ3v) is 4.43. The molecule has 0 spiro atoms. The molecule has 0 amide bonds. The number of allylic oxidation sites excluding steroid dienone is 2. The quantitative estimate of drug-likeness (QED) is 0.587. The molecule has 3 nitrogen and oxygen atoms in total. The van der Waals surface area contributed by atoms with Gasteiger partial charge in [0.25, 0.3) is 0 Å². The van der Waals surface area contributed by atoms with Crippen LogP contribution < -0.4 is 9.47 Å². The predicted molar refractivity (Wildman–Crippen MR) is 78.3 cm³/mol. The number of rotatable bonds is 3. The Kier molecular flexibility index (Phi) is 3.99. The Morgan fingerprint density at radius 3 is 2.64 bits per heavy atom. The van der Waals surface area contributed by atoms with E-state index in [0.29, 0.717) is 17.1 Å². The summed E-state index contributed by atoms with van der Waals surface area (Å²) in [5.41, 5.74) is 0.246. The van der Waals surface area contributed by atoms with E-state index in [1.165, 1.54) is 0 Å². The highest BCUT2D eigenvalue weighted by molar-refractivity contribution is 7.96. The van der Waals surface area contributed by atoms with Crippen LogP contribution in [0.5, 0.6) is 11.5 Å². The SMILES string of the molecule is CCC1=C(F)C(c2ccc3c(c2)OCO3)N(SC)C(F)=C1F. The van der Waals surface area contributed by atoms with Gasteiger partial charge in [-0.15, -0.1) is 0 Å². The lowest BCUT2D eigenvalue weighted by atomic mass is 9.97. The standard InChI is InChI=1S/C15H14F3NO2S/c1-3-9-12(16)14(19(22-2)15(18)13(9)17)8-4-5-10-11(6-8)21-7-20-10/h4-6,14H,3,7H2,1-2H3. The van der Waals surface area contributed by atoms with Gasteiger partial charge in [0.05, 0.1) is 0 Å². The van der Waals surface area contributed by atoms with Gasteiger partial charge < -0.3 is 9.47 Å². The first-order chi connectivity index (χ1) is 10.6. The van der Waals surface area contributed by atoms with Crippen LogP contribution in [0.2, 0.25) is 0 Å². The Morgan fingerprint density at radius 2 is 1.95 bits per heavy atom. The van der Waals surface area contributed by atoms with Crippen molar-refractivity contribution in [3.05, 3.63) is 46.9 Å². The van der Waals surface area contributed by atoms with Crippen LogP contribution in [-0.2, 0) is 0 Å². The molecule has 22 heavy (non-hydrogen) atoms. The molecule has 0 radical (unpaired) electrons. The highest BCUT2D eigenvalue weighted by Crippen LogP contribution is 2.47. The second kappa shape index (κ2) is 5.79. The van der Waals surface area contributed by atoms with Gasteiger partial charge in [-0.25, -0.2) is 8.78 Å². The van der Waals surface area contributed by atoms with Crippen molar-refractivity contribution in [3.63, 3.8) is 0 Å². The molecule has 0 saturated heterocycles. The Bertz CT molecular complexity index is 675. The van der Waals surface area contributed by atoms with Crippen LogP contribution in [-0.4, -0.2) is 17.4 Å². The van der Waals surface area contributed by atoms with Gasteiger partial charge in [0.15, 0.2) is 17.3 Å². The first kappa shape index (κ1) is 15.1. The molecular formula is C15H14F3NO2S. The lowest BCUT2D eigenvalue weighted by Gasteiger charge is -2.33. The average molecular weight is 329 g/mol. The molecule has 7 heteroatoms. The molecule has 2 aliphatic heterocycles. The van der Waals surface area contributed by atoms with Gasteiger partial charge in [-0.2, -0.15) is 4.39 Å². The van der Waals surface area contributed by atoms with Crippen LogP contribution in [0.4, 0.5) is 13.2 Å². The summed E-state index contributed by atoms with van der Waals surface area (Å²) in [6.45, 7) is 1.68. The van der Waals surface area contributed by atoms with E-state index in [4.69, 9.17) is 9.47 Å².